The van der Waals surface area contributed by atoms with Gasteiger partial charge in [-0.2, -0.15) is 0 Å². The first kappa shape index (κ1) is 19.1. The van der Waals surface area contributed by atoms with Crippen LogP contribution in [-0.4, -0.2) is 45.3 Å². The van der Waals surface area contributed by atoms with Crippen LogP contribution in [0, 0.1) is 11.6 Å². The Morgan fingerprint density at radius 3 is 2.83 bits per heavy atom. The summed E-state index contributed by atoms with van der Waals surface area (Å²) in [6.07, 6.45) is 0.617. The smallest absolute Gasteiger partial charge is 0.276 e. The Bertz CT molecular complexity index is 1080. The molecule has 2 N–H and O–H groups in total. The molecule has 4 rings (SSSR count). The number of rotatable bonds is 3. The Kier molecular flexibility index (Phi) is 4.58. The van der Waals surface area contributed by atoms with E-state index in [1.165, 1.54) is 21.7 Å². The summed E-state index contributed by atoms with van der Waals surface area (Å²) >= 11 is 0. The number of halogens is 2. The van der Waals surface area contributed by atoms with Gasteiger partial charge in [-0.3, -0.25) is 14.4 Å². The molecule has 1 fully saturated rings. The summed E-state index contributed by atoms with van der Waals surface area (Å²) in [6.45, 7) is 1.97. The highest BCUT2D eigenvalue weighted by Gasteiger charge is 2.42. The molecular weight excluding hydrogens is 388 g/mol. The first-order chi connectivity index (χ1) is 13.8. The van der Waals surface area contributed by atoms with E-state index in [-0.39, 0.29) is 30.4 Å². The Morgan fingerprint density at radius 2 is 2.10 bits per heavy atom. The van der Waals surface area contributed by atoms with Crippen LogP contribution >= 0.6 is 0 Å². The van der Waals surface area contributed by atoms with E-state index >= 15 is 0 Å². The average molecular weight is 405 g/mol. The van der Waals surface area contributed by atoms with E-state index in [0.717, 1.165) is 6.07 Å². The lowest BCUT2D eigenvalue weighted by Gasteiger charge is -2.33. The third kappa shape index (κ3) is 3.15. The number of aromatic hydroxyl groups is 1. The molecule has 152 valence electrons. The Hall–Kier alpha value is -3.27. The number of carbonyl (C=O) groups is 2. The zero-order valence-electron chi connectivity index (χ0n) is 15.3. The molecule has 0 radical (unpaired) electrons. The van der Waals surface area contributed by atoms with Crippen molar-refractivity contribution in [3.8, 4) is 5.75 Å². The molecule has 3 heterocycles. The van der Waals surface area contributed by atoms with E-state index in [1.54, 1.807) is 6.92 Å². The molecule has 1 aromatic carbocycles. The standard InChI is InChI=1S/C19H17F2N3O5/c1-9-8-29-14-7-23-6-12(16(25)17(26)15(23)19(28)24(9)14)18(27)22-5-10-2-3-11(20)4-13(10)21/h2-4,6,9,14,26H,5,7-8H2,1H3,(H,22,27)/t9?,14-/m1/s1. The molecule has 0 saturated carbocycles. The van der Waals surface area contributed by atoms with Gasteiger partial charge in [-0.25, -0.2) is 8.78 Å². The highest BCUT2D eigenvalue weighted by atomic mass is 19.1. The fraction of sp³-hybridized carbons (Fsp3) is 0.316. The first-order valence-electron chi connectivity index (χ1n) is 8.90. The highest BCUT2D eigenvalue weighted by molar-refractivity contribution is 5.99. The van der Waals surface area contributed by atoms with Gasteiger partial charge in [0.05, 0.1) is 19.2 Å². The Balaban J connectivity index is 1.62. The number of fused-ring (bicyclic) bond motifs is 2. The molecule has 2 aliphatic heterocycles. The lowest BCUT2D eigenvalue weighted by Crippen LogP contribution is -2.49. The monoisotopic (exact) mass is 405 g/mol. The van der Waals surface area contributed by atoms with E-state index in [1.807, 2.05) is 0 Å². The molecule has 1 saturated heterocycles. The minimum Gasteiger partial charge on any atom is -0.503 e. The summed E-state index contributed by atoms with van der Waals surface area (Å²) < 4.78 is 33.6. The molecule has 0 spiro atoms. The number of aromatic nitrogens is 1. The van der Waals surface area contributed by atoms with Crippen molar-refractivity contribution < 1.29 is 28.2 Å². The zero-order chi connectivity index (χ0) is 20.9. The zero-order valence-corrected chi connectivity index (χ0v) is 15.3. The highest BCUT2D eigenvalue weighted by Crippen LogP contribution is 2.29. The van der Waals surface area contributed by atoms with E-state index in [9.17, 15) is 28.3 Å². The average Bonchev–Trinajstić information content (AvgIpc) is 3.04. The quantitative estimate of drug-likeness (QED) is 0.792. The summed E-state index contributed by atoms with van der Waals surface area (Å²) in [5.74, 6) is -3.83. The number of hydrogen-bond donors (Lipinski definition) is 2. The van der Waals surface area contributed by atoms with Gasteiger partial charge in [0.2, 0.25) is 5.43 Å². The third-order valence-corrected chi connectivity index (χ3v) is 5.06. The molecule has 8 nitrogen and oxygen atoms in total. The molecule has 1 unspecified atom stereocenters. The van der Waals surface area contributed by atoms with E-state index in [0.29, 0.717) is 12.7 Å². The normalized spacial score (nSPS) is 20.4. The van der Waals surface area contributed by atoms with E-state index in [4.69, 9.17) is 4.74 Å². The predicted octanol–water partition coefficient (Wildman–Crippen LogP) is 0.963. The molecule has 0 bridgehead atoms. The van der Waals surface area contributed by atoms with Crippen LogP contribution in [0.25, 0.3) is 0 Å². The fourth-order valence-corrected chi connectivity index (χ4v) is 3.57. The van der Waals surface area contributed by atoms with Crippen molar-refractivity contribution in [2.24, 2.45) is 0 Å². The lowest BCUT2D eigenvalue weighted by molar-refractivity contribution is 0.00624. The van der Waals surface area contributed by atoms with E-state index < -0.39 is 46.4 Å². The summed E-state index contributed by atoms with van der Waals surface area (Å²) in [7, 11) is 0. The predicted molar refractivity (Wildman–Crippen MR) is 95.3 cm³/mol. The van der Waals surface area contributed by atoms with Gasteiger partial charge >= 0.3 is 0 Å². The Morgan fingerprint density at radius 1 is 1.34 bits per heavy atom. The van der Waals surface area contributed by atoms with Gasteiger partial charge < -0.3 is 24.6 Å². The first-order valence-corrected chi connectivity index (χ1v) is 8.90. The van der Waals surface area contributed by atoms with Crippen molar-refractivity contribution in [2.75, 3.05) is 6.61 Å². The van der Waals surface area contributed by atoms with Gasteiger partial charge in [-0.05, 0) is 13.0 Å². The molecule has 2 aliphatic rings. The molecule has 1 aromatic heterocycles. The second-order valence-corrected chi connectivity index (χ2v) is 6.99. The van der Waals surface area contributed by atoms with Crippen LogP contribution in [0.15, 0.2) is 29.2 Å². The van der Waals surface area contributed by atoms with Crippen molar-refractivity contribution >= 4 is 11.8 Å². The van der Waals surface area contributed by atoms with Crippen molar-refractivity contribution in [1.29, 1.82) is 0 Å². The third-order valence-electron chi connectivity index (χ3n) is 5.06. The number of carbonyl (C=O) groups excluding carboxylic acids is 2. The van der Waals surface area contributed by atoms with Crippen LogP contribution in [0.1, 0.15) is 33.3 Å². The molecule has 2 atom stereocenters. The maximum atomic E-state index is 13.7. The van der Waals surface area contributed by atoms with E-state index in [2.05, 4.69) is 5.32 Å². The fourth-order valence-electron chi connectivity index (χ4n) is 3.57. The number of ether oxygens (including phenoxy) is 1. The van der Waals surface area contributed by atoms with Crippen LogP contribution in [-0.2, 0) is 17.8 Å². The molecule has 0 aliphatic carbocycles. The maximum Gasteiger partial charge on any atom is 0.276 e. The number of benzene rings is 1. The maximum absolute atomic E-state index is 13.7. The summed E-state index contributed by atoms with van der Waals surface area (Å²) in [4.78, 5) is 39.1. The largest absolute Gasteiger partial charge is 0.503 e. The molecule has 29 heavy (non-hydrogen) atoms. The topological polar surface area (TPSA) is 101 Å². The SMILES string of the molecule is CC1CO[C@@H]2Cn3cc(C(=O)NCc4ccc(F)cc4F)c(=O)c(O)c3C(=O)N12. The van der Waals surface area contributed by atoms with Crippen molar-refractivity contribution in [2.45, 2.75) is 32.3 Å². The second-order valence-electron chi connectivity index (χ2n) is 6.99. The Labute approximate surface area is 163 Å². The van der Waals surface area contributed by atoms with Crippen molar-refractivity contribution in [1.82, 2.24) is 14.8 Å². The van der Waals surface area contributed by atoms with Crippen LogP contribution in [0.4, 0.5) is 8.78 Å². The molecule has 2 amide bonds. The van der Waals surface area contributed by atoms with Gasteiger partial charge in [0.1, 0.15) is 17.2 Å². The van der Waals surface area contributed by atoms with Crippen LogP contribution in [0.2, 0.25) is 0 Å². The number of amides is 2. The number of hydrogen-bond acceptors (Lipinski definition) is 5. The molecule has 2 aromatic rings. The second kappa shape index (κ2) is 6.96. The van der Waals surface area contributed by atoms with Crippen LogP contribution in [0.3, 0.4) is 0 Å². The molecule has 10 heteroatoms. The number of nitrogens with zero attached hydrogens (tertiary/aromatic N) is 2. The lowest BCUT2D eigenvalue weighted by atomic mass is 10.1. The van der Waals surface area contributed by atoms with Gasteiger partial charge in [-0.15, -0.1) is 0 Å². The minimum absolute atomic E-state index is 0.0289. The number of nitrogens with one attached hydrogen (secondary N) is 1. The summed E-state index contributed by atoms with van der Waals surface area (Å²) in [5.41, 5.74) is -1.58. The summed E-state index contributed by atoms with van der Waals surface area (Å²) in [5, 5.41) is 12.7. The molecular formula is C19H17F2N3O5. The summed E-state index contributed by atoms with van der Waals surface area (Å²) in [6, 6.07) is 2.70. The van der Waals surface area contributed by atoms with Crippen molar-refractivity contribution in [3.63, 3.8) is 0 Å². The van der Waals surface area contributed by atoms with Crippen molar-refractivity contribution in [3.05, 3.63) is 63.1 Å². The van der Waals surface area contributed by atoms with Crippen LogP contribution in [0.5, 0.6) is 5.75 Å². The minimum atomic E-state index is -1.01. The van der Waals surface area contributed by atoms with Gasteiger partial charge in [-0.1, -0.05) is 6.07 Å². The number of pyridine rings is 1. The van der Waals surface area contributed by atoms with Crippen LogP contribution < -0.4 is 10.7 Å². The van der Waals surface area contributed by atoms with Gasteiger partial charge in [0.25, 0.3) is 11.8 Å². The van der Waals surface area contributed by atoms with Gasteiger partial charge in [0, 0.05) is 24.4 Å². The van der Waals surface area contributed by atoms with Gasteiger partial charge in [0.15, 0.2) is 17.7 Å².